The van der Waals surface area contributed by atoms with Crippen molar-refractivity contribution in [2.45, 2.75) is 46.0 Å². The number of rotatable bonds is 5. The lowest BCUT2D eigenvalue weighted by molar-refractivity contribution is -0.140. The molecule has 0 aliphatic carbocycles. The van der Waals surface area contributed by atoms with Crippen molar-refractivity contribution in [3.05, 3.63) is 88.5 Å². The SMILES string of the molecule is Cc1ccnc([C@H](C)N2CCc3c(cc(Cn4ccnc4C)cc3-c3cn(C)nc3C(F)(F)F)C2=O)c1. The molecule has 0 bridgehead atoms. The minimum absolute atomic E-state index is 0.0231. The highest BCUT2D eigenvalue weighted by Crippen LogP contribution is 2.40. The van der Waals surface area contributed by atoms with Gasteiger partial charge in [-0.2, -0.15) is 18.3 Å². The molecule has 37 heavy (non-hydrogen) atoms. The fourth-order valence-electron chi connectivity index (χ4n) is 4.99. The van der Waals surface area contributed by atoms with Gasteiger partial charge in [0.15, 0.2) is 5.69 Å². The number of aromatic nitrogens is 5. The third-order valence-electron chi connectivity index (χ3n) is 6.90. The lowest BCUT2D eigenvalue weighted by Crippen LogP contribution is -2.40. The first-order valence-corrected chi connectivity index (χ1v) is 12.0. The van der Waals surface area contributed by atoms with E-state index in [-0.39, 0.29) is 17.5 Å². The van der Waals surface area contributed by atoms with Crippen LogP contribution in [0.5, 0.6) is 0 Å². The highest BCUT2D eigenvalue weighted by atomic mass is 19.4. The van der Waals surface area contributed by atoms with Gasteiger partial charge in [-0.3, -0.25) is 14.5 Å². The van der Waals surface area contributed by atoms with Crippen LogP contribution >= 0.6 is 0 Å². The summed E-state index contributed by atoms with van der Waals surface area (Å²) in [5, 5.41) is 3.71. The number of fused-ring (bicyclic) bond motifs is 1. The van der Waals surface area contributed by atoms with Crippen molar-refractivity contribution in [3.8, 4) is 11.1 Å². The third-order valence-corrected chi connectivity index (χ3v) is 6.90. The molecule has 10 heteroatoms. The van der Waals surface area contributed by atoms with Gasteiger partial charge in [-0.05, 0) is 73.7 Å². The minimum Gasteiger partial charge on any atom is -0.331 e. The second kappa shape index (κ2) is 9.17. The molecule has 3 aromatic heterocycles. The van der Waals surface area contributed by atoms with Crippen LogP contribution in [0.4, 0.5) is 13.2 Å². The van der Waals surface area contributed by atoms with E-state index in [1.165, 1.54) is 17.9 Å². The van der Waals surface area contributed by atoms with E-state index in [4.69, 9.17) is 0 Å². The Labute approximate surface area is 212 Å². The van der Waals surface area contributed by atoms with Crippen molar-refractivity contribution in [1.82, 2.24) is 29.2 Å². The predicted molar refractivity (Wildman–Crippen MR) is 132 cm³/mol. The van der Waals surface area contributed by atoms with Gasteiger partial charge < -0.3 is 9.47 Å². The zero-order valence-corrected chi connectivity index (χ0v) is 21.0. The van der Waals surface area contributed by atoms with Gasteiger partial charge in [-0.1, -0.05) is 0 Å². The average molecular weight is 509 g/mol. The van der Waals surface area contributed by atoms with E-state index >= 15 is 0 Å². The molecular formula is C27H27F3N6O. The Morgan fingerprint density at radius 2 is 1.81 bits per heavy atom. The summed E-state index contributed by atoms with van der Waals surface area (Å²) >= 11 is 0. The van der Waals surface area contributed by atoms with E-state index in [2.05, 4.69) is 15.1 Å². The number of hydrogen-bond donors (Lipinski definition) is 0. The largest absolute Gasteiger partial charge is 0.435 e. The van der Waals surface area contributed by atoms with Crippen molar-refractivity contribution < 1.29 is 18.0 Å². The molecular weight excluding hydrogens is 481 g/mol. The van der Waals surface area contributed by atoms with Gasteiger partial charge in [-0.15, -0.1) is 0 Å². The van der Waals surface area contributed by atoms with Crippen LogP contribution in [0.25, 0.3) is 11.1 Å². The lowest BCUT2D eigenvalue weighted by Gasteiger charge is -2.34. The van der Waals surface area contributed by atoms with Crippen LogP contribution in [0.3, 0.4) is 0 Å². The molecule has 0 N–H and O–H groups in total. The van der Waals surface area contributed by atoms with Crippen molar-refractivity contribution in [2.75, 3.05) is 6.54 Å². The second-order valence-corrected chi connectivity index (χ2v) is 9.52. The van der Waals surface area contributed by atoms with Crippen molar-refractivity contribution in [1.29, 1.82) is 0 Å². The fraction of sp³-hybridized carbons (Fsp3) is 0.333. The van der Waals surface area contributed by atoms with E-state index in [1.54, 1.807) is 35.6 Å². The molecule has 0 spiro atoms. The molecule has 5 rings (SSSR count). The molecule has 0 radical (unpaired) electrons. The summed E-state index contributed by atoms with van der Waals surface area (Å²) < 4.78 is 44.9. The fourth-order valence-corrected chi connectivity index (χ4v) is 4.99. The maximum Gasteiger partial charge on any atom is 0.435 e. The van der Waals surface area contributed by atoms with Gasteiger partial charge in [0.05, 0.1) is 11.7 Å². The van der Waals surface area contributed by atoms with Crippen LogP contribution in [0, 0.1) is 13.8 Å². The molecule has 7 nitrogen and oxygen atoms in total. The number of nitrogens with zero attached hydrogens (tertiary/aromatic N) is 6. The predicted octanol–water partition coefficient (Wildman–Crippen LogP) is 5.12. The Hall–Kier alpha value is -3.95. The lowest BCUT2D eigenvalue weighted by atomic mass is 9.87. The number of hydrogen-bond acceptors (Lipinski definition) is 4. The molecule has 0 saturated carbocycles. The van der Waals surface area contributed by atoms with Gasteiger partial charge in [0, 0.05) is 56.1 Å². The van der Waals surface area contributed by atoms with Crippen LogP contribution in [-0.2, 0) is 26.2 Å². The molecule has 192 valence electrons. The maximum atomic E-state index is 13.9. The zero-order valence-electron chi connectivity index (χ0n) is 21.0. The summed E-state index contributed by atoms with van der Waals surface area (Å²) in [5.41, 5.74) is 2.95. The Morgan fingerprint density at radius 1 is 1.05 bits per heavy atom. The third kappa shape index (κ3) is 4.63. The van der Waals surface area contributed by atoms with Gasteiger partial charge in [-0.25, -0.2) is 4.98 Å². The van der Waals surface area contributed by atoms with E-state index in [9.17, 15) is 18.0 Å². The van der Waals surface area contributed by atoms with Crippen LogP contribution in [0.2, 0.25) is 0 Å². The first-order valence-electron chi connectivity index (χ1n) is 12.0. The number of pyridine rings is 1. The smallest absolute Gasteiger partial charge is 0.331 e. The maximum absolute atomic E-state index is 13.9. The van der Waals surface area contributed by atoms with Gasteiger partial charge in [0.25, 0.3) is 5.91 Å². The Kier molecular flexibility index (Phi) is 6.13. The van der Waals surface area contributed by atoms with E-state index in [0.717, 1.165) is 17.1 Å². The number of alkyl halides is 3. The van der Waals surface area contributed by atoms with Crippen LogP contribution in [-0.4, -0.2) is 41.7 Å². The second-order valence-electron chi connectivity index (χ2n) is 9.52. The molecule has 1 aliphatic heterocycles. The van der Waals surface area contributed by atoms with Gasteiger partial charge in [0.2, 0.25) is 0 Å². The standard InChI is InChI=1S/C27H27F3N6O/c1-16-5-7-32-24(11-16)17(2)36-9-6-20-21(23-15-34(4)33-25(23)27(28,29)30)12-19(13-22(20)26(36)37)14-35-10-8-31-18(35)3/h5,7-8,10-13,15,17H,6,9,14H2,1-4H3/t17-/m0/s1. The molecule has 1 aliphatic rings. The molecule has 4 aromatic rings. The van der Waals surface area contributed by atoms with Crippen LogP contribution < -0.4 is 0 Å². The van der Waals surface area contributed by atoms with Gasteiger partial charge >= 0.3 is 6.18 Å². The number of carbonyl (C=O) groups is 1. The van der Waals surface area contributed by atoms with Gasteiger partial charge in [0.1, 0.15) is 5.82 Å². The first kappa shape index (κ1) is 24.7. The van der Waals surface area contributed by atoms with Crippen molar-refractivity contribution in [2.24, 2.45) is 7.05 Å². The summed E-state index contributed by atoms with van der Waals surface area (Å²) in [6.07, 6.45) is 2.36. The summed E-state index contributed by atoms with van der Waals surface area (Å²) in [5.74, 6) is 0.545. The average Bonchev–Trinajstić information content (AvgIpc) is 3.44. The topological polar surface area (TPSA) is 68.8 Å². The molecule has 0 fully saturated rings. The molecule has 1 amide bonds. The van der Waals surface area contributed by atoms with Crippen molar-refractivity contribution >= 4 is 5.91 Å². The van der Waals surface area contributed by atoms with E-state index in [1.807, 2.05) is 37.5 Å². The number of aryl methyl sites for hydroxylation is 3. The monoisotopic (exact) mass is 508 g/mol. The minimum atomic E-state index is -4.63. The van der Waals surface area contributed by atoms with Crippen LogP contribution in [0.1, 0.15) is 57.2 Å². The number of imidazole rings is 1. The van der Waals surface area contributed by atoms with Crippen molar-refractivity contribution in [3.63, 3.8) is 0 Å². The molecule has 1 aromatic carbocycles. The highest BCUT2D eigenvalue weighted by molar-refractivity contribution is 5.99. The molecule has 0 unspecified atom stereocenters. The van der Waals surface area contributed by atoms with E-state index in [0.29, 0.717) is 41.8 Å². The Balaban J connectivity index is 1.64. The summed E-state index contributed by atoms with van der Waals surface area (Å²) in [4.78, 5) is 24.3. The molecule has 0 saturated heterocycles. The Bertz CT molecular complexity index is 1490. The summed E-state index contributed by atoms with van der Waals surface area (Å²) in [7, 11) is 1.47. The quantitative estimate of drug-likeness (QED) is 0.375. The number of benzene rings is 1. The highest BCUT2D eigenvalue weighted by Gasteiger charge is 2.39. The number of carbonyl (C=O) groups excluding carboxylic acids is 1. The Morgan fingerprint density at radius 3 is 2.49 bits per heavy atom. The van der Waals surface area contributed by atoms with Crippen LogP contribution in [0.15, 0.2) is 49.1 Å². The number of amides is 1. The summed E-state index contributed by atoms with van der Waals surface area (Å²) in [6, 6.07) is 7.10. The molecule has 1 atom stereocenters. The normalized spacial score (nSPS) is 14.7. The van der Waals surface area contributed by atoms with E-state index < -0.39 is 11.9 Å². The molecule has 4 heterocycles. The zero-order chi connectivity index (χ0) is 26.5. The number of halogens is 3. The summed E-state index contributed by atoms with van der Waals surface area (Å²) in [6.45, 7) is 6.49. The first-order chi connectivity index (χ1) is 17.5.